The molecule has 154 valence electrons. The first-order valence-electron chi connectivity index (χ1n) is 10.2. The maximum Gasteiger partial charge on any atom is 0.161 e. The van der Waals surface area contributed by atoms with Crippen LogP contribution in [0.25, 0.3) is 16.9 Å². The summed E-state index contributed by atoms with van der Waals surface area (Å²) in [6.07, 6.45) is 3.26. The van der Waals surface area contributed by atoms with Gasteiger partial charge in [0.25, 0.3) is 0 Å². The van der Waals surface area contributed by atoms with E-state index in [0.29, 0.717) is 23.3 Å². The Hall–Kier alpha value is -2.73. The molecule has 0 amide bonds. The quantitative estimate of drug-likeness (QED) is 0.706. The van der Waals surface area contributed by atoms with Crippen molar-refractivity contribution in [2.45, 2.75) is 26.8 Å². The maximum absolute atomic E-state index is 6.10. The van der Waals surface area contributed by atoms with Crippen molar-refractivity contribution in [3.8, 4) is 22.8 Å². The second-order valence-electron chi connectivity index (χ2n) is 8.31. The lowest BCUT2D eigenvalue weighted by Crippen LogP contribution is -2.38. The van der Waals surface area contributed by atoms with Crippen LogP contribution in [-0.2, 0) is 6.54 Å². The summed E-state index contributed by atoms with van der Waals surface area (Å²) in [7, 11) is 3.30. The molecule has 3 aromatic rings. The number of rotatable bonds is 5. The summed E-state index contributed by atoms with van der Waals surface area (Å²) in [5.74, 6) is 2.82. The average Bonchev–Trinajstić information content (AvgIpc) is 3.04. The first kappa shape index (κ1) is 19.6. The van der Waals surface area contributed by atoms with Gasteiger partial charge in [0.1, 0.15) is 5.65 Å². The maximum atomic E-state index is 6.10. The number of nitrogens with two attached hydrogens (primary N) is 1. The molecule has 1 aromatic carbocycles. The molecule has 6 heteroatoms. The van der Waals surface area contributed by atoms with Crippen molar-refractivity contribution >= 4 is 11.3 Å². The minimum absolute atomic E-state index is 0.701. The van der Waals surface area contributed by atoms with Crippen molar-refractivity contribution in [2.24, 2.45) is 11.8 Å². The lowest BCUT2D eigenvalue weighted by Gasteiger charge is -2.35. The molecular weight excluding hydrogens is 364 g/mol. The molecule has 2 N–H and O–H groups in total. The van der Waals surface area contributed by atoms with Gasteiger partial charge in [0, 0.05) is 37.1 Å². The lowest BCUT2D eigenvalue weighted by atomic mass is 9.92. The largest absolute Gasteiger partial charge is 0.493 e. The molecule has 29 heavy (non-hydrogen) atoms. The number of aromatic nitrogens is 2. The fourth-order valence-corrected chi connectivity index (χ4v) is 4.61. The van der Waals surface area contributed by atoms with Gasteiger partial charge in [-0.05, 0) is 48.6 Å². The molecule has 1 aliphatic rings. The van der Waals surface area contributed by atoms with Crippen LogP contribution in [0.15, 0.2) is 36.5 Å². The lowest BCUT2D eigenvalue weighted by molar-refractivity contribution is 0.133. The number of imidazole rings is 1. The Labute approximate surface area is 172 Å². The Bertz CT molecular complexity index is 1000. The van der Waals surface area contributed by atoms with E-state index in [4.69, 9.17) is 20.2 Å². The zero-order chi connectivity index (χ0) is 20.5. The highest BCUT2D eigenvalue weighted by Crippen LogP contribution is 2.35. The summed E-state index contributed by atoms with van der Waals surface area (Å²) in [6, 6.07) is 9.84. The van der Waals surface area contributed by atoms with Crippen LogP contribution in [0.3, 0.4) is 0 Å². The molecule has 0 spiro atoms. The number of anilines is 1. The summed E-state index contributed by atoms with van der Waals surface area (Å²) < 4.78 is 13.1. The summed E-state index contributed by atoms with van der Waals surface area (Å²) in [5.41, 5.74) is 10.9. The Morgan fingerprint density at radius 1 is 1.03 bits per heavy atom. The average molecular weight is 395 g/mol. The molecule has 1 fully saturated rings. The van der Waals surface area contributed by atoms with E-state index in [9.17, 15) is 0 Å². The summed E-state index contributed by atoms with van der Waals surface area (Å²) >= 11 is 0. The predicted molar refractivity (Wildman–Crippen MR) is 116 cm³/mol. The van der Waals surface area contributed by atoms with Gasteiger partial charge in [-0.2, -0.15) is 0 Å². The Morgan fingerprint density at radius 3 is 2.45 bits per heavy atom. The molecule has 6 nitrogen and oxygen atoms in total. The van der Waals surface area contributed by atoms with E-state index >= 15 is 0 Å². The number of fused-ring (bicyclic) bond motifs is 1. The molecule has 3 heterocycles. The molecule has 2 aromatic heterocycles. The molecule has 0 bridgehead atoms. The van der Waals surface area contributed by atoms with Gasteiger partial charge in [-0.25, -0.2) is 4.98 Å². The first-order chi connectivity index (χ1) is 14.0. The van der Waals surface area contributed by atoms with Gasteiger partial charge in [-0.1, -0.05) is 13.8 Å². The fourth-order valence-electron chi connectivity index (χ4n) is 4.61. The fraction of sp³-hybridized carbons (Fsp3) is 0.435. The van der Waals surface area contributed by atoms with E-state index in [1.807, 2.05) is 36.5 Å². The number of methoxy groups -OCH3 is 2. The van der Waals surface area contributed by atoms with Crippen molar-refractivity contribution < 1.29 is 9.47 Å². The zero-order valence-electron chi connectivity index (χ0n) is 17.7. The smallest absolute Gasteiger partial charge is 0.161 e. The van der Waals surface area contributed by atoms with Crippen LogP contribution in [0.5, 0.6) is 11.5 Å². The number of nitrogen functional groups attached to an aromatic ring is 1. The molecule has 2 atom stereocenters. The van der Waals surface area contributed by atoms with Crippen molar-refractivity contribution in [2.75, 3.05) is 33.0 Å². The topological polar surface area (TPSA) is 65.0 Å². The van der Waals surface area contributed by atoms with E-state index in [1.54, 1.807) is 14.2 Å². The number of pyridine rings is 1. The molecule has 0 aliphatic carbocycles. The molecule has 1 aliphatic heterocycles. The third-order valence-corrected chi connectivity index (χ3v) is 5.72. The summed E-state index contributed by atoms with van der Waals surface area (Å²) in [4.78, 5) is 7.48. The van der Waals surface area contributed by atoms with Crippen molar-refractivity contribution in [3.63, 3.8) is 0 Å². The molecule has 2 unspecified atom stereocenters. The normalized spacial score (nSPS) is 20.1. The Balaban J connectivity index is 1.80. The van der Waals surface area contributed by atoms with Crippen LogP contribution < -0.4 is 15.2 Å². The number of hydrogen-bond acceptors (Lipinski definition) is 5. The molecule has 0 saturated carbocycles. The number of nitrogens with zero attached hydrogens (tertiary/aromatic N) is 3. The predicted octanol–water partition coefficient (Wildman–Crippen LogP) is 4.08. The highest BCUT2D eigenvalue weighted by atomic mass is 16.5. The van der Waals surface area contributed by atoms with Crippen molar-refractivity contribution in [3.05, 3.63) is 42.2 Å². The van der Waals surface area contributed by atoms with Gasteiger partial charge in [-0.3, -0.25) is 4.90 Å². The van der Waals surface area contributed by atoms with Gasteiger partial charge in [-0.15, -0.1) is 0 Å². The van der Waals surface area contributed by atoms with Gasteiger partial charge in [0.05, 0.1) is 25.6 Å². The van der Waals surface area contributed by atoms with Crippen LogP contribution in [0.1, 0.15) is 26.0 Å². The number of benzene rings is 1. The summed E-state index contributed by atoms with van der Waals surface area (Å²) in [6.45, 7) is 7.72. The van der Waals surface area contributed by atoms with Gasteiger partial charge in [0.15, 0.2) is 11.5 Å². The van der Waals surface area contributed by atoms with Crippen LogP contribution >= 0.6 is 0 Å². The van der Waals surface area contributed by atoms with E-state index < -0.39 is 0 Å². The van der Waals surface area contributed by atoms with E-state index in [0.717, 1.165) is 47.9 Å². The highest BCUT2D eigenvalue weighted by molar-refractivity contribution is 5.70. The number of hydrogen-bond donors (Lipinski definition) is 1. The second-order valence-corrected chi connectivity index (χ2v) is 8.31. The van der Waals surface area contributed by atoms with E-state index in [2.05, 4.69) is 23.1 Å². The third-order valence-electron chi connectivity index (χ3n) is 5.72. The Morgan fingerprint density at radius 2 is 1.76 bits per heavy atom. The Kier molecular flexibility index (Phi) is 5.37. The second kappa shape index (κ2) is 7.95. The number of ether oxygens (including phenoxy) is 2. The molecular formula is C23H30N4O2. The highest BCUT2D eigenvalue weighted by Gasteiger charge is 2.25. The van der Waals surface area contributed by atoms with Gasteiger partial charge < -0.3 is 19.6 Å². The van der Waals surface area contributed by atoms with Crippen molar-refractivity contribution in [1.29, 1.82) is 0 Å². The minimum Gasteiger partial charge on any atom is -0.493 e. The number of piperidine rings is 1. The van der Waals surface area contributed by atoms with Crippen molar-refractivity contribution in [1.82, 2.24) is 14.3 Å². The van der Waals surface area contributed by atoms with E-state index in [-0.39, 0.29) is 0 Å². The standard InChI is InChI=1S/C23H30N4O2/c1-15-9-16(2)12-26(11-15)14-19-23(25-22-8-6-18(24)13-27(19)22)17-5-7-20(28-3)21(10-17)29-4/h5-8,10,13,15-16H,9,11-12,14,24H2,1-4H3. The van der Waals surface area contributed by atoms with Crippen LogP contribution in [0.2, 0.25) is 0 Å². The van der Waals surface area contributed by atoms with E-state index in [1.165, 1.54) is 6.42 Å². The van der Waals surface area contributed by atoms with Crippen LogP contribution in [0.4, 0.5) is 5.69 Å². The number of likely N-dealkylation sites (tertiary alicyclic amines) is 1. The summed E-state index contributed by atoms with van der Waals surface area (Å²) in [5, 5.41) is 0. The molecule has 0 radical (unpaired) electrons. The monoisotopic (exact) mass is 394 g/mol. The minimum atomic E-state index is 0.701. The van der Waals surface area contributed by atoms with Crippen LogP contribution in [-0.4, -0.2) is 41.6 Å². The van der Waals surface area contributed by atoms with Gasteiger partial charge in [0.2, 0.25) is 0 Å². The molecule has 4 rings (SSSR count). The third kappa shape index (κ3) is 3.90. The first-order valence-corrected chi connectivity index (χ1v) is 10.2. The molecule has 1 saturated heterocycles. The van der Waals surface area contributed by atoms with Gasteiger partial charge >= 0.3 is 0 Å². The zero-order valence-corrected chi connectivity index (χ0v) is 17.7. The SMILES string of the molecule is COc1ccc(-c2nc3ccc(N)cn3c2CN2CC(C)CC(C)C2)cc1OC. The van der Waals surface area contributed by atoms with Crippen LogP contribution in [0, 0.1) is 11.8 Å².